The van der Waals surface area contributed by atoms with E-state index in [0.29, 0.717) is 35.6 Å². The van der Waals surface area contributed by atoms with Crippen LogP contribution in [0.2, 0.25) is 0 Å². The Morgan fingerprint density at radius 2 is 1.83 bits per heavy atom. The number of nitrogen functional groups attached to an aromatic ring is 1. The number of nitrogens with two attached hydrogens (primary N) is 1. The van der Waals surface area contributed by atoms with Gasteiger partial charge < -0.3 is 20.4 Å². The first-order valence-electron chi connectivity index (χ1n) is 10.2. The Labute approximate surface area is 173 Å². The summed E-state index contributed by atoms with van der Waals surface area (Å²) >= 11 is 0. The van der Waals surface area contributed by atoms with Gasteiger partial charge in [0.15, 0.2) is 5.65 Å². The number of ether oxygens (including phenoxy) is 1. The molecule has 7 nitrogen and oxygen atoms in total. The maximum atomic E-state index is 13.1. The number of benzene rings is 2. The fourth-order valence-electron chi connectivity index (χ4n) is 3.97. The van der Waals surface area contributed by atoms with Crippen molar-refractivity contribution in [3.63, 3.8) is 0 Å². The molecule has 5 rings (SSSR count). The van der Waals surface area contributed by atoms with Crippen LogP contribution in [0.25, 0.3) is 22.2 Å². The van der Waals surface area contributed by atoms with Gasteiger partial charge in [-0.05, 0) is 30.5 Å². The Balaban J connectivity index is 1.60. The van der Waals surface area contributed by atoms with Crippen molar-refractivity contribution in [3.05, 3.63) is 65.7 Å². The minimum absolute atomic E-state index is 0.0553. The lowest BCUT2D eigenvalue weighted by atomic mass is 10.2. The zero-order chi connectivity index (χ0) is 20.5. The number of fused-ring (bicyclic) bond motifs is 2. The van der Waals surface area contributed by atoms with Crippen molar-refractivity contribution < 1.29 is 9.53 Å². The molecular weight excluding hydrogens is 378 g/mol. The average molecular weight is 401 g/mol. The molecule has 4 aromatic rings. The molecule has 0 spiro atoms. The van der Waals surface area contributed by atoms with Crippen LogP contribution in [0.1, 0.15) is 28.8 Å². The number of aromatic nitrogens is 3. The molecule has 1 atom stereocenters. The molecule has 0 bridgehead atoms. The van der Waals surface area contributed by atoms with E-state index in [0.717, 1.165) is 36.0 Å². The first-order chi connectivity index (χ1) is 14.7. The maximum Gasteiger partial charge on any atom is 0.257 e. The van der Waals surface area contributed by atoms with Gasteiger partial charge in [-0.15, -0.1) is 0 Å². The van der Waals surface area contributed by atoms with E-state index in [9.17, 15) is 4.79 Å². The van der Waals surface area contributed by atoms with Gasteiger partial charge in [-0.25, -0.2) is 9.97 Å². The number of anilines is 1. The molecule has 152 valence electrons. The molecule has 1 unspecified atom stereocenters. The molecule has 3 heterocycles. The highest BCUT2D eigenvalue weighted by Gasteiger charge is 2.25. The first-order valence-corrected chi connectivity index (χ1v) is 10.2. The summed E-state index contributed by atoms with van der Waals surface area (Å²) in [6.07, 6.45) is 2.03. The molecule has 2 aromatic heterocycles. The third kappa shape index (κ3) is 3.37. The first kappa shape index (κ1) is 18.6. The Bertz CT molecular complexity index is 1210. The summed E-state index contributed by atoms with van der Waals surface area (Å²) in [5, 5.41) is 2.97. The number of carbonyl (C=O) groups is 1. The van der Waals surface area contributed by atoms with E-state index in [2.05, 4.69) is 5.32 Å². The molecule has 0 radical (unpaired) electrons. The third-order valence-electron chi connectivity index (χ3n) is 5.52. The number of carbonyl (C=O) groups excluding carboxylic acids is 1. The number of hydrogen-bond donors (Lipinski definition) is 2. The highest BCUT2D eigenvalue weighted by molar-refractivity contribution is 6.10. The van der Waals surface area contributed by atoms with Crippen LogP contribution in [-0.2, 0) is 11.3 Å². The summed E-state index contributed by atoms with van der Waals surface area (Å²) in [5.41, 5.74) is 10.6. The zero-order valence-corrected chi connectivity index (χ0v) is 16.5. The smallest absolute Gasteiger partial charge is 0.257 e. The fraction of sp³-hybridized carbons (Fsp3) is 0.261. The normalized spacial score (nSPS) is 16.3. The number of nitrogens with one attached hydrogen (secondary N) is 1. The van der Waals surface area contributed by atoms with Crippen LogP contribution in [0.3, 0.4) is 0 Å². The molecule has 1 amide bonds. The van der Waals surface area contributed by atoms with Crippen LogP contribution >= 0.6 is 0 Å². The standard InChI is InChI=1S/C23H23N5O2/c24-21-19(23(29)25-13-16-9-6-12-30-16)20-22(27-18-11-5-4-10-17(18)26-20)28(21)14-15-7-2-1-3-8-15/h1-5,7-8,10-11,16H,6,9,12-14,24H2,(H,25,29). The molecular formula is C23H23N5O2. The van der Waals surface area contributed by atoms with Crippen LogP contribution in [0.5, 0.6) is 0 Å². The van der Waals surface area contributed by atoms with Crippen molar-refractivity contribution in [1.82, 2.24) is 19.9 Å². The van der Waals surface area contributed by atoms with Gasteiger partial charge in [0.1, 0.15) is 16.9 Å². The molecule has 0 aliphatic carbocycles. The van der Waals surface area contributed by atoms with Crippen LogP contribution in [-0.4, -0.2) is 39.7 Å². The van der Waals surface area contributed by atoms with Crippen molar-refractivity contribution in [2.45, 2.75) is 25.5 Å². The van der Waals surface area contributed by atoms with E-state index in [1.165, 1.54) is 0 Å². The number of para-hydroxylation sites is 2. The SMILES string of the molecule is Nc1c(C(=O)NCC2CCCO2)c2nc3ccccc3nc2n1Cc1ccccc1. The summed E-state index contributed by atoms with van der Waals surface area (Å²) in [7, 11) is 0. The van der Waals surface area contributed by atoms with Gasteiger partial charge in [-0.1, -0.05) is 42.5 Å². The largest absolute Gasteiger partial charge is 0.384 e. The fourth-order valence-corrected chi connectivity index (χ4v) is 3.97. The molecule has 1 fully saturated rings. The monoisotopic (exact) mass is 401 g/mol. The van der Waals surface area contributed by atoms with Crippen molar-refractivity contribution in [2.24, 2.45) is 0 Å². The van der Waals surface area contributed by atoms with Gasteiger partial charge >= 0.3 is 0 Å². The maximum absolute atomic E-state index is 13.1. The van der Waals surface area contributed by atoms with Crippen LogP contribution in [0.15, 0.2) is 54.6 Å². The van der Waals surface area contributed by atoms with E-state index < -0.39 is 0 Å². The summed E-state index contributed by atoms with van der Waals surface area (Å²) in [6.45, 7) is 1.72. The highest BCUT2D eigenvalue weighted by Crippen LogP contribution is 2.28. The van der Waals surface area contributed by atoms with E-state index >= 15 is 0 Å². The second kappa shape index (κ2) is 7.76. The second-order valence-corrected chi connectivity index (χ2v) is 7.56. The van der Waals surface area contributed by atoms with Crippen molar-refractivity contribution in [3.8, 4) is 0 Å². The van der Waals surface area contributed by atoms with Crippen LogP contribution < -0.4 is 11.1 Å². The molecule has 7 heteroatoms. The number of nitrogens with zero attached hydrogens (tertiary/aromatic N) is 3. The van der Waals surface area contributed by atoms with Crippen molar-refractivity contribution >= 4 is 33.9 Å². The Morgan fingerprint density at radius 1 is 1.10 bits per heavy atom. The topological polar surface area (TPSA) is 95.1 Å². The minimum Gasteiger partial charge on any atom is -0.384 e. The zero-order valence-electron chi connectivity index (χ0n) is 16.5. The van der Waals surface area contributed by atoms with Gasteiger partial charge in [0, 0.05) is 13.2 Å². The molecule has 1 saturated heterocycles. The Morgan fingerprint density at radius 3 is 2.57 bits per heavy atom. The van der Waals surface area contributed by atoms with Gasteiger partial charge in [-0.2, -0.15) is 0 Å². The summed E-state index contributed by atoms with van der Waals surface area (Å²) in [6, 6.07) is 17.6. The highest BCUT2D eigenvalue weighted by atomic mass is 16.5. The lowest BCUT2D eigenvalue weighted by Gasteiger charge is -2.11. The molecule has 30 heavy (non-hydrogen) atoms. The van der Waals surface area contributed by atoms with Gasteiger partial charge in [0.05, 0.1) is 23.7 Å². The predicted octanol–water partition coefficient (Wildman–Crippen LogP) is 3.12. The lowest BCUT2D eigenvalue weighted by Crippen LogP contribution is -2.32. The molecule has 1 aliphatic heterocycles. The van der Waals surface area contributed by atoms with E-state index in [-0.39, 0.29) is 12.0 Å². The van der Waals surface area contributed by atoms with E-state index in [4.69, 9.17) is 20.4 Å². The molecule has 2 aromatic carbocycles. The van der Waals surface area contributed by atoms with Gasteiger partial charge in [0.25, 0.3) is 5.91 Å². The van der Waals surface area contributed by atoms with Crippen molar-refractivity contribution in [2.75, 3.05) is 18.9 Å². The van der Waals surface area contributed by atoms with Crippen molar-refractivity contribution in [1.29, 1.82) is 0 Å². The van der Waals surface area contributed by atoms with Gasteiger partial charge in [-0.3, -0.25) is 4.79 Å². The van der Waals surface area contributed by atoms with Gasteiger partial charge in [0.2, 0.25) is 0 Å². The third-order valence-corrected chi connectivity index (χ3v) is 5.52. The Hall–Kier alpha value is -3.45. The molecule has 3 N–H and O–H groups in total. The number of hydrogen-bond acceptors (Lipinski definition) is 5. The molecule has 1 aliphatic rings. The second-order valence-electron chi connectivity index (χ2n) is 7.56. The minimum atomic E-state index is -0.246. The summed E-state index contributed by atoms with van der Waals surface area (Å²) in [4.78, 5) is 22.6. The molecule has 0 saturated carbocycles. The summed E-state index contributed by atoms with van der Waals surface area (Å²) < 4.78 is 7.49. The Kier molecular flexibility index (Phi) is 4.80. The van der Waals surface area contributed by atoms with E-state index in [1.54, 1.807) is 0 Å². The average Bonchev–Trinajstić information content (AvgIpc) is 3.38. The number of rotatable bonds is 5. The summed E-state index contributed by atoms with van der Waals surface area (Å²) in [5.74, 6) is 0.124. The quantitative estimate of drug-likeness (QED) is 0.536. The van der Waals surface area contributed by atoms with Crippen LogP contribution in [0.4, 0.5) is 5.82 Å². The van der Waals surface area contributed by atoms with Crippen LogP contribution in [0, 0.1) is 0 Å². The predicted molar refractivity (Wildman–Crippen MR) is 116 cm³/mol. The van der Waals surface area contributed by atoms with E-state index in [1.807, 2.05) is 59.2 Å². The lowest BCUT2D eigenvalue weighted by molar-refractivity contribution is 0.0859. The number of amides is 1.